The molecule has 0 unspecified atom stereocenters. The van der Waals surface area contributed by atoms with Crippen molar-refractivity contribution in [2.24, 2.45) is 5.10 Å². The van der Waals surface area contributed by atoms with Crippen LogP contribution in [0.2, 0.25) is 0 Å². The van der Waals surface area contributed by atoms with Crippen molar-refractivity contribution in [3.63, 3.8) is 0 Å². The molecule has 0 saturated heterocycles. The Kier molecular flexibility index (Phi) is 4.38. The molecule has 0 amide bonds. The van der Waals surface area contributed by atoms with Gasteiger partial charge < -0.3 is 0 Å². The molecule has 0 aliphatic heterocycles. The van der Waals surface area contributed by atoms with Crippen molar-refractivity contribution in [2.45, 2.75) is 9.73 Å². The Morgan fingerprint density at radius 1 is 1.27 bits per heavy atom. The molecule has 0 aliphatic rings. The van der Waals surface area contributed by atoms with Crippen molar-refractivity contribution < 1.29 is 8.42 Å². The minimum atomic E-state index is -3.62. The fraction of sp³-hybridized carbons (Fsp3) is 0.125. The fourth-order valence-electron chi connectivity index (χ4n) is 0.809. The Bertz CT molecular complexity index is 431. The van der Waals surface area contributed by atoms with Crippen LogP contribution in [-0.2, 0) is 10.0 Å². The zero-order chi connectivity index (χ0) is 11.3. The van der Waals surface area contributed by atoms with Gasteiger partial charge in [0.15, 0.2) is 0 Å². The van der Waals surface area contributed by atoms with E-state index in [1.54, 1.807) is 18.2 Å². The summed E-state index contributed by atoms with van der Waals surface area (Å²) in [6.45, 7) is 0. The minimum Gasteiger partial charge on any atom is -0.200 e. The molecule has 0 radical (unpaired) electrons. The van der Waals surface area contributed by atoms with Crippen LogP contribution in [0.1, 0.15) is 0 Å². The molecular weight excluding hydrogens is 259 g/mol. The number of hydrogen-bond donors (Lipinski definition) is 1. The topological polar surface area (TPSA) is 58.5 Å². The van der Waals surface area contributed by atoms with Gasteiger partial charge in [0, 0.05) is 0 Å². The highest BCUT2D eigenvalue weighted by molar-refractivity contribution is 7.89. The number of alkyl halides is 2. The molecule has 0 fully saturated rings. The molecule has 0 saturated carbocycles. The number of sulfonamides is 1. The van der Waals surface area contributed by atoms with Crippen LogP contribution in [0.3, 0.4) is 0 Å². The minimum absolute atomic E-state index is 0.128. The monoisotopic (exact) mass is 266 g/mol. The van der Waals surface area contributed by atoms with Crippen LogP contribution in [0.4, 0.5) is 0 Å². The second-order valence-corrected chi connectivity index (χ2v) is 5.35. The Morgan fingerprint density at radius 3 is 2.40 bits per heavy atom. The number of benzene rings is 1. The van der Waals surface area contributed by atoms with Crippen molar-refractivity contribution in [1.29, 1.82) is 0 Å². The number of hydrogen-bond acceptors (Lipinski definition) is 3. The van der Waals surface area contributed by atoms with Crippen molar-refractivity contribution in [3.05, 3.63) is 30.3 Å². The van der Waals surface area contributed by atoms with Crippen LogP contribution in [0.25, 0.3) is 0 Å². The Labute approximate surface area is 97.9 Å². The van der Waals surface area contributed by atoms with Crippen LogP contribution < -0.4 is 4.83 Å². The van der Waals surface area contributed by atoms with Crippen molar-refractivity contribution in [2.75, 3.05) is 0 Å². The molecule has 0 aliphatic carbocycles. The molecule has 1 aromatic carbocycles. The molecule has 0 aromatic heterocycles. The maximum absolute atomic E-state index is 11.5. The highest BCUT2D eigenvalue weighted by atomic mass is 35.5. The van der Waals surface area contributed by atoms with Gasteiger partial charge in [0.05, 0.1) is 11.1 Å². The van der Waals surface area contributed by atoms with Crippen LogP contribution in [0.15, 0.2) is 40.3 Å². The van der Waals surface area contributed by atoms with Gasteiger partial charge in [-0.05, 0) is 12.1 Å². The van der Waals surface area contributed by atoms with Gasteiger partial charge >= 0.3 is 0 Å². The number of halogens is 2. The van der Waals surface area contributed by atoms with Gasteiger partial charge in [0.1, 0.15) is 4.84 Å². The Hall–Kier alpha value is -0.780. The van der Waals surface area contributed by atoms with Crippen molar-refractivity contribution in [3.8, 4) is 0 Å². The predicted octanol–water partition coefficient (Wildman–Crippen LogP) is 1.75. The molecule has 0 bridgehead atoms. The summed E-state index contributed by atoms with van der Waals surface area (Å²) in [5.41, 5.74) is 0. The average Bonchev–Trinajstić information content (AvgIpc) is 2.18. The van der Waals surface area contributed by atoms with Crippen LogP contribution in [0, 0.1) is 0 Å². The summed E-state index contributed by atoms with van der Waals surface area (Å²) in [7, 11) is -3.62. The van der Waals surface area contributed by atoms with E-state index < -0.39 is 14.9 Å². The lowest BCUT2D eigenvalue weighted by molar-refractivity contribution is 0.584. The smallest absolute Gasteiger partial charge is 0.200 e. The second-order valence-electron chi connectivity index (χ2n) is 2.52. The van der Waals surface area contributed by atoms with Gasteiger partial charge in [-0.25, -0.2) is 4.83 Å². The van der Waals surface area contributed by atoms with E-state index in [4.69, 9.17) is 23.2 Å². The summed E-state index contributed by atoms with van der Waals surface area (Å²) < 4.78 is 23.0. The van der Waals surface area contributed by atoms with E-state index in [2.05, 4.69) is 5.10 Å². The van der Waals surface area contributed by atoms with Gasteiger partial charge in [-0.1, -0.05) is 41.4 Å². The lowest BCUT2D eigenvalue weighted by Crippen LogP contribution is -2.18. The molecule has 1 rings (SSSR count). The van der Waals surface area contributed by atoms with E-state index in [1.807, 2.05) is 4.83 Å². The summed E-state index contributed by atoms with van der Waals surface area (Å²) in [5, 5.41) is 3.39. The van der Waals surface area contributed by atoms with E-state index >= 15 is 0 Å². The first-order valence-electron chi connectivity index (χ1n) is 3.90. The zero-order valence-corrected chi connectivity index (χ0v) is 9.80. The maximum atomic E-state index is 11.5. The third-order valence-electron chi connectivity index (χ3n) is 1.41. The zero-order valence-electron chi connectivity index (χ0n) is 7.47. The quantitative estimate of drug-likeness (QED) is 0.513. The number of nitrogens with one attached hydrogen (secondary N) is 1. The number of hydrazone groups is 1. The summed E-state index contributed by atoms with van der Waals surface area (Å²) in [6.07, 6.45) is 1.07. The molecule has 1 aromatic rings. The Morgan fingerprint density at radius 2 is 1.87 bits per heavy atom. The summed E-state index contributed by atoms with van der Waals surface area (Å²) in [6, 6.07) is 7.86. The molecule has 7 heteroatoms. The maximum Gasteiger partial charge on any atom is 0.276 e. The normalized spacial score (nSPS) is 12.2. The molecule has 0 heterocycles. The van der Waals surface area contributed by atoms with E-state index in [0.29, 0.717) is 0 Å². The van der Waals surface area contributed by atoms with Gasteiger partial charge in [0.25, 0.3) is 10.0 Å². The largest absolute Gasteiger partial charge is 0.276 e. The third-order valence-corrected chi connectivity index (χ3v) is 2.88. The van der Waals surface area contributed by atoms with Gasteiger partial charge in [0.2, 0.25) is 0 Å². The van der Waals surface area contributed by atoms with Gasteiger partial charge in [-0.3, -0.25) is 0 Å². The lowest BCUT2D eigenvalue weighted by atomic mass is 10.4. The fourth-order valence-corrected chi connectivity index (χ4v) is 1.74. The average molecular weight is 267 g/mol. The highest BCUT2D eigenvalue weighted by Crippen LogP contribution is 2.06. The molecular formula is C8H8Cl2N2O2S. The lowest BCUT2D eigenvalue weighted by Gasteiger charge is -2.02. The van der Waals surface area contributed by atoms with Crippen molar-refractivity contribution in [1.82, 2.24) is 4.83 Å². The standard InChI is InChI=1S/C8H8Cl2N2O2S/c9-8(10)6-11-12-15(13,14)7-4-2-1-3-5-7/h1-6,8,12H. The molecule has 4 nitrogen and oxygen atoms in total. The molecule has 0 atom stereocenters. The number of rotatable bonds is 4. The third kappa shape index (κ3) is 4.07. The van der Waals surface area contributed by atoms with Crippen LogP contribution in [-0.4, -0.2) is 19.5 Å². The molecule has 0 spiro atoms. The van der Waals surface area contributed by atoms with Crippen molar-refractivity contribution >= 4 is 39.4 Å². The summed E-state index contributed by atoms with van der Waals surface area (Å²) in [4.78, 5) is 1.26. The Balaban J connectivity index is 2.78. The van der Waals surface area contributed by atoms with E-state index in [1.165, 1.54) is 12.1 Å². The SMILES string of the molecule is O=S(=O)(NN=CC(Cl)Cl)c1ccccc1. The second kappa shape index (κ2) is 5.34. The van der Waals surface area contributed by atoms with E-state index in [0.717, 1.165) is 6.21 Å². The highest BCUT2D eigenvalue weighted by Gasteiger charge is 2.10. The molecule has 15 heavy (non-hydrogen) atoms. The first-order valence-corrected chi connectivity index (χ1v) is 6.26. The molecule has 1 N–H and O–H groups in total. The van der Waals surface area contributed by atoms with Gasteiger partial charge in [-0.2, -0.15) is 13.5 Å². The van der Waals surface area contributed by atoms with Crippen LogP contribution >= 0.6 is 23.2 Å². The first kappa shape index (κ1) is 12.3. The van der Waals surface area contributed by atoms with E-state index in [9.17, 15) is 8.42 Å². The molecule has 82 valence electrons. The summed E-state index contributed by atoms with van der Waals surface area (Å²) >= 11 is 10.7. The predicted molar refractivity (Wildman–Crippen MR) is 60.7 cm³/mol. The van der Waals surface area contributed by atoms with E-state index in [-0.39, 0.29) is 4.90 Å². The first-order chi connectivity index (χ1) is 7.02. The van der Waals surface area contributed by atoms with Crippen LogP contribution in [0.5, 0.6) is 0 Å². The number of nitrogens with zero attached hydrogens (tertiary/aromatic N) is 1. The van der Waals surface area contributed by atoms with Gasteiger partial charge in [-0.15, -0.1) is 0 Å². The summed E-state index contributed by atoms with van der Waals surface area (Å²) in [5.74, 6) is 0.